The van der Waals surface area contributed by atoms with Crippen LogP contribution < -0.4 is 0 Å². The molecule has 0 radical (unpaired) electrons. The summed E-state index contributed by atoms with van der Waals surface area (Å²) >= 11 is 0. The lowest BCUT2D eigenvalue weighted by molar-refractivity contribution is 0.0697. The molecular formula is C18H24O2. The van der Waals surface area contributed by atoms with Gasteiger partial charge in [-0.1, -0.05) is 25.5 Å². The van der Waals surface area contributed by atoms with Crippen LogP contribution in [0.5, 0.6) is 0 Å². The Morgan fingerprint density at radius 1 is 1.00 bits per heavy atom. The first-order valence-electron chi connectivity index (χ1n) is 7.96. The number of carboxylic acids is 1. The fraction of sp³-hybridized carbons (Fsp3) is 0.611. The zero-order valence-electron chi connectivity index (χ0n) is 12.2. The van der Waals surface area contributed by atoms with Crippen molar-refractivity contribution >= 4 is 5.97 Å². The lowest BCUT2D eigenvalue weighted by Gasteiger charge is -2.41. The van der Waals surface area contributed by atoms with Crippen LogP contribution in [-0.2, 0) is 0 Å². The van der Waals surface area contributed by atoms with Crippen molar-refractivity contribution in [2.45, 2.75) is 51.4 Å². The van der Waals surface area contributed by atoms with Crippen molar-refractivity contribution in [3.63, 3.8) is 0 Å². The average molecular weight is 272 g/mol. The molecule has 2 aliphatic carbocycles. The van der Waals surface area contributed by atoms with Crippen LogP contribution in [0.25, 0.3) is 0 Å². The Labute approximate surface area is 121 Å². The van der Waals surface area contributed by atoms with E-state index < -0.39 is 5.97 Å². The number of hydrogen-bond acceptors (Lipinski definition) is 1. The summed E-state index contributed by atoms with van der Waals surface area (Å²) in [5, 5.41) is 8.97. The Bertz CT molecular complexity index is 477. The van der Waals surface area contributed by atoms with Crippen molar-refractivity contribution in [2.75, 3.05) is 0 Å². The van der Waals surface area contributed by atoms with Crippen molar-refractivity contribution in [3.05, 3.63) is 35.4 Å². The highest BCUT2D eigenvalue weighted by Gasteiger charge is 2.34. The lowest BCUT2D eigenvalue weighted by Crippen LogP contribution is -2.29. The summed E-state index contributed by atoms with van der Waals surface area (Å²) in [5.41, 5.74) is 1.74. The number of carbonyl (C=O) groups is 1. The minimum absolute atomic E-state index is 0.397. The second-order valence-corrected chi connectivity index (χ2v) is 6.88. The van der Waals surface area contributed by atoms with Crippen LogP contribution in [0.15, 0.2) is 24.3 Å². The molecule has 0 heterocycles. The van der Waals surface area contributed by atoms with Gasteiger partial charge in [-0.2, -0.15) is 0 Å². The zero-order chi connectivity index (χ0) is 14.1. The van der Waals surface area contributed by atoms with Crippen LogP contribution in [0.1, 0.15) is 67.3 Å². The molecule has 0 aliphatic heterocycles. The van der Waals surface area contributed by atoms with E-state index in [0.29, 0.717) is 11.5 Å². The largest absolute Gasteiger partial charge is 0.478 e. The number of aromatic carboxylic acids is 1. The van der Waals surface area contributed by atoms with E-state index in [4.69, 9.17) is 5.11 Å². The van der Waals surface area contributed by atoms with Gasteiger partial charge < -0.3 is 5.11 Å². The van der Waals surface area contributed by atoms with Gasteiger partial charge in [-0.3, -0.25) is 0 Å². The highest BCUT2D eigenvalue weighted by atomic mass is 16.4. The summed E-state index contributed by atoms with van der Waals surface area (Å²) in [6.45, 7) is 2.40. The summed E-state index contributed by atoms with van der Waals surface area (Å²) in [7, 11) is 0. The Morgan fingerprint density at radius 3 is 2.35 bits per heavy atom. The van der Waals surface area contributed by atoms with E-state index in [-0.39, 0.29) is 0 Å². The van der Waals surface area contributed by atoms with Crippen LogP contribution in [0, 0.1) is 17.8 Å². The third kappa shape index (κ3) is 2.74. The smallest absolute Gasteiger partial charge is 0.335 e. The fourth-order valence-corrected chi connectivity index (χ4v) is 4.32. The van der Waals surface area contributed by atoms with E-state index in [1.807, 2.05) is 12.1 Å². The van der Waals surface area contributed by atoms with Gasteiger partial charge in [0.2, 0.25) is 0 Å². The molecule has 0 spiro atoms. The van der Waals surface area contributed by atoms with Crippen molar-refractivity contribution in [1.82, 2.24) is 0 Å². The van der Waals surface area contributed by atoms with E-state index in [0.717, 1.165) is 17.8 Å². The second-order valence-electron chi connectivity index (χ2n) is 6.88. The van der Waals surface area contributed by atoms with Gasteiger partial charge in [0.1, 0.15) is 0 Å². The van der Waals surface area contributed by atoms with Gasteiger partial charge in [0, 0.05) is 0 Å². The molecule has 1 N–H and O–H groups in total. The van der Waals surface area contributed by atoms with Crippen LogP contribution in [0.4, 0.5) is 0 Å². The molecule has 0 bridgehead atoms. The van der Waals surface area contributed by atoms with Crippen molar-refractivity contribution in [1.29, 1.82) is 0 Å². The third-order valence-corrected chi connectivity index (χ3v) is 5.50. The summed E-state index contributed by atoms with van der Waals surface area (Å²) in [4.78, 5) is 10.9. The average Bonchev–Trinajstić information content (AvgIpc) is 2.47. The first-order valence-corrected chi connectivity index (χ1v) is 7.96. The molecule has 0 amide bonds. The van der Waals surface area contributed by atoms with Crippen LogP contribution >= 0.6 is 0 Å². The Kier molecular flexibility index (Phi) is 3.82. The topological polar surface area (TPSA) is 37.3 Å². The SMILES string of the molecule is CC1CCC2CC(c3ccc(C(=O)O)cc3)CCC2C1. The summed E-state index contributed by atoms with van der Waals surface area (Å²) in [6, 6.07) is 7.57. The van der Waals surface area contributed by atoms with E-state index in [2.05, 4.69) is 6.92 Å². The van der Waals surface area contributed by atoms with E-state index >= 15 is 0 Å². The minimum Gasteiger partial charge on any atom is -0.478 e. The molecular weight excluding hydrogens is 248 g/mol. The maximum Gasteiger partial charge on any atom is 0.335 e. The van der Waals surface area contributed by atoms with E-state index in [1.54, 1.807) is 12.1 Å². The van der Waals surface area contributed by atoms with Gasteiger partial charge in [0.15, 0.2) is 0 Å². The van der Waals surface area contributed by atoms with Crippen LogP contribution in [-0.4, -0.2) is 11.1 Å². The number of rotatable bonds is 2. The standard InChI is InChI=1S/C18H24O2/c1-12-2-3-17-11-16(9-8-15(17)10-12)13-4-6-14(7-5-13)18(19)20/h4-7,12,15-17H,2-3,8-11H2,1H3,(H,19,20). The van der Waals surface area contributed by atoms with Crippen molar-refractivity contribution in [3.8, 4) is 0 Å². The molecule has 0 saturated heterocycles. The molecule has 2 saturated carbocycles. The monoisotopic (exact) mass is 272 g/mol. The molecule has 4 atom stereocenters. The highest BCUT2D eigenvalue weighted by Crippen LogP contribution is 2.47. The summed E-state index contributed by atoms with van der Waals surface area (Å²) < 4.78 is 0. The minimum atomic E-state index is -0.832. The van der Waals surface area contributed by atoms with Gasteiger partial charge in [-0.05, 0) is 73.5 Å². The molecule has 2 nitrogen and oxygen atoms in total. The number of benzene rings is 1. The Hall–Kier alpha value is -1.31. The van der Waals surface area contributed by atoms with Crippen LogP contribution in [0.3, 0.4) is 0 Å². The third-order valence-electron chi connectivity index (χ3n) is 5.50. The highest BCUT2D eigenvalue weighted by molar-refractivity contribution is 5.87. The maximum atomic E-state index is 10.9. The molecule has 2 aliphatic rings. The molecule has 20 heavy (non-hydrogen) atoms. The number of hydrogen-bond donors (Lipinski definition) is 1. The van der Waals surface area contributed by atoms with Crippen molar-refractivity contribution < 1.29 is 9.90 Å². The normalized spacial score (nSPS) is 33.5. The molecule has 0 aromatic heterocycles. The van der Waals surface area contributed by atoms with E-state index in [9.17, 15) is 4.79 Å². The number of carboxylic acid groups (broad SMARTS) is 1. The number of fused-ring (bicyclic) bond motifs is 1. The van der Waals surface area contributed by atoms with E-state index in [1.165, 1.54) is 44.1 Å². The quantitative estimate of drug-likeness (QED) is 0.847. The maximum absolute atomic E-state index is 10.9. The predicted octanol–water partition coefficient (Wildman–Crippen LogP) is 4.70. The molecule has 1 aromatic rings. The van der Waals surface area contributed by atoms with Crippen molar-refractivity contribution in [2.24, 2.45) is 17.8 Å². The van der Waals surface area contributed by atoms with Crippen LogP contribution in [0.2, 0.25) is 0 Å². The molecule has 108 valence electrons. The van der Waals surface area contributed by atoms with Gasteiger partial charge >= 0.3 is 5.97 Å². The molecule has 4 unspecified atom stereocenters. The Balaban J connectivity index is 1.68. The first kappa shape index (κ1) is 13.7. The zero-order valence-corrected chi connectivity index (χ0v) is 12.2. The van der Waals surface area contributed by atoms with Gasteiger partial charge in [-0.15, -0.1) is 0 Å². The summed E-state index contributed by atoms with van der Waals surface area (Å²) in [6.07, 6.45) is 8.17. The first-order chi connectivity index (χ1) is 9.63. The molecule has 1 aromatic carbocycles. The van der Waals surface area contributed by atoms with Gasteiger partial charge in [0.25, 0.3) is 0 Å². The lowest BCUT2D eigenvalue weighted by atomic mass is 9.64. The fourth-order valence-electron chi connectivity index (χ4n) is 4.32. The predicted molar refractivity (Wildman–Crippen MR) is 80.0 cm³/mol. The molecule has 2 fully saturated rings. The summed E-state index contributed by atoms with van der Waals surface area (Å²) in [5.74, 6) is 2.59. The van der Waals surface area contributed by atoms with Gasteiger partial charge in [0.05, 0.1) is 5.56 Å². The molecule has 3 rings (SSSR count). The molecule has 2 heteroatoms. The van der Waals surface area contributed by atoms with Gasteiger partial charge in [-0.25, -0.2) is 4.79 Å². The Morgan fingerprint density at radius 2 is 1.65 bits per heavy atom. The second kappa shape index (κ2) is 5.59.